The predicted octanol–water partition coefficient (Wildman–Crippen LogP) is 0.631. The summed E-state index contributed by atoms with van der Waals surface area (Å²) in [5.74, 6) is 0.0158. The molecule has 0 fully saturated rings. The maximum atomic E-state index is 10.2. The van der Waals surface area contributed by atoms with Gasteiger partial charge in [0.1, 0.15) is 5.69 Å². The molecule has 1 aromatic heterocycles. The third-order valence-electron chi connectivity index (χ3n) is 1.20. The molecule has 10 heavy (non-hydrogen) atoms. The van der Waals surface area contributed by atoms with Gasteiger partial charge in [0.25, 0.3) is 5.95 Å². The van der Waals surface area contributed by atoms with E-state index < -0.39 is 0 Å². The summed E-state index contributed by atoms with van der Waals surface area (Å²) < 4.78 is 1.32. The van der Waals surface area contributed by atoms with Crippen LogP contribution in [0.15, 0.2) is 11.4 Å². The van der Waals surface area contributed by atoms with E-state index in [4.69, 9.17) is 0 Å². The first-order valence-electron chi connectivity index (χ1n) is 2.60. The lowest BCUT2D eigenvalue weighted by atomic mass is 10.5. The standard InChI is InChI=1S/C5H5N3O2/c1-8-4(3-9)2-6-5(8)7-10/h2-3H,1H3. The fourth-order valence-electron chi connectivity index (χ4n) is 0.607. The summed E-state index contributed by atoms with van der Waals surface area (Å²) >= 11 is 0. The first-order chi connectivity index (χ1) is 4.79. The number of hydrogen-bond acceptors (Lipinski definition) is 4. The summed E-state index contributed by atoms with van der Waals surface area (Å²) in [5, 5.41) is 2.58. The fourth-order valence-corrected chi connectivity index (χ4v) is 0.607. The Hall–Kier alpha value is -1.52. The third-order valence-corrected chi connectivity index (χ3v) is 1.20. The van der Waals surface area contributed by atoms with Crippen LogP contribution in [-0.4, -0.2) is 15.8 Å². The molecule has 1 rings (SSSR count). The Morgan fingerprint density at radius 2 is 2.50 bits per heavy atom. The molecule has 1 aromatic rings. The van der Waals surface area contributed by atoms with Crippen LogP contribution in [0.3, 0.4) is 0 Å². The molecule has 0 unspecified atom stereocenters. The lowest BCUT2D eigenvalue weighted by Crippen LogP contribution is -1.92. The number of nitrogens with zero attached hydrogens (tertiary/aromatic N) is 3. The first-order valence-corrected chi connectivity index (χ1v) is 2.60. The van der Waals surface area contributed by atoms with Gasteiger partial charge >= 0.3 is 0 Å². The minimum absolute atomic E-state index is 0.0158. The van der Waals surface area contributed by atoms with Gasteiger partial charge < -0.3 is 4.57 Å². The molecule has 0 N–H and O–H groups in total. The van der Waals surface area contributed by atoms with Crippen LogP contribution in [0.4, 0.5) is 5.95 Å². The first kappa shape index (κ1) is 6.60. The van der Waals surface area contributed by atoms with E-state index in [2.05, 4.69) is 10.2 Å². The zero-order chi connectivity index (χ0) is 7.56. The number of imidazole rings is 1. The molecule has 5 nitrogen and oxygen atoms in total. The summed E-state index contributed by atoms with van der Waals surface area (Å²) in [6.07, 6.45) is 1.91. The molecule has 0 spiro atoms. The Morgan fingerprint density at radius 1 is 1.80 bits per heavy atom. The van der Waals surface area contributed by atoms with E-state index in [-0.39, 0.29) is 5.95 Å². The van der Waals surface area contributed by atoms with Gasteiger partial charge in [-0.15, -0.1) is 4.91 Å². The van der Waals surface area contributed by atoms with Crippen LogP contribution in [0.5, 0.6) is 0 Å². The van der Waals surface area contributed by atoms with Crippen LogP contribution >= 0.6 is 0 Å². The molecule has 52 valence electrons. The van der Waals surface area contributed by atoms with Gasteiger partial charge in [0.15, 0.2) is 6.29 Å². The molecule has 0 aliphatic carbocycles. The highest BCUT2D eigenvalue weighted by Crippen LogP contribution is 2.07. The molecular formula is C5H5N3O2. The summed E-state index contributed by atoms with van der Waals surface area (Å²) in [7, 11) is 1.55. The molecule has 5 heteroatoms. The van der Waals surface area contributed by atoms with Crippen molar-refractivity contribution in [2.45, 2.75) is 0 Å². The van der Waals surface area contributed by atoms with Gasteiger partial charge in [-0.05, 0) is 0 Å². The van der Waals surface area contributed by atoms with Crippen LogP contribution in [0.1, 0.15) is 10.5 Å². The Morgan fingerprint density at radius 3 is 2.80 bits per heavy atom. The molecule has 0 bridgehead atoms. The topological polar surface area (TPSA) is 64.3 Å². The molecule has 0 aliphatic heterocycles. The van der Waals surface area contributed by atoms with E-state index in [1.807, 2.05) is 0 Å². The van der Waals surface area contributed by atoms with Crippen molar-refractivity contribution in [3.8, 4) is 0 Å². The van der Waals surface area contributed by atoms with E-state index in [0.29, 0.717) is 12.0 Å². The van der Waals surface area contributed by atoms with E-state index >= 15 is 0 Å². The lowest BCUT2D eigenvalue weighted by molar-refractivity contribution is 0.111. The number of nitroso groups, excluding NO2 is 1. The SMILES string of the molecule is Cn1c(C=O)cnc1N=O. The summed E-state index contributed by atoms with van der Waals surface area (Å²) in [6.45, 7) is 0. The average molecular weight is 139 g/mol. The van der Waals surface area contributed by atoms with Crippen molar-refractivity contribution in [2.75, 3.05) is 0 Å². The smallest absolute Gasteiger partial charge is 0.271 e. The monoisotopic (exact) mass is 139 g/mol. The fraction of sp³-hybridized carbons (Fsp3) is 0.200. The van der Waals surface area contributed by atoms with Gasteiger partial charge in [-0.2, -0.15) is 0 Å². The largest absolute Gasteiger partial charge is 0.307 e. The Balaban J connectivity index is 3.20. The maximum absolute atomic E-state index is 10.2. The summed E-state index contributed by atoms with van der Waals surface area (Å²) in [6, 6.07) is 0. The Bertz CT molecular complexity index is 240. The normalized spacial score (nSPS) is 9.30. The van der Waals surface area contributed by atoms with Crippen molar-refractivity contribution in [1.82, 2.24) is 9.55 Å². The van der Waals surface area contributed by atoms with Crippen LogP contribution in [-0.2, 0) is 7.05 Å². The van der Waals surface area contributed by atoms with Crippen LogP contribution in [0.25, 0.3) is 0 Å². The molecule has 0 amide bonds. The zero-order valence-corrected chi connectivity index (χ0v) is 5.31. The molecular weight excluding hydrogens is 134 g/mol. The number of carbonyl (C=O) groups is 1. The highest BCUT2D eigenvalue weighted by molar-refractivity contribution is 5.72. The number of aromatic nitrogens is 2. The van der Waals surface area contributed by atoms with Gasteiger partial charge in [-0.1, -0.05) is 0 Å². The van der Waals surface area contributed by atoms with E-state index in [0.717, 1.165) is 0 Å². The second kappa shape index (κ2) is 2.38. The van der Waals surface area contributed by atoms with Crippen molar-refractivity contribution in [1.29, 1.82) is 0 Å². The minimum Gasteiger partial charge on any atom is -0.307 e. The molecule has 0 aromatic carbocycles. The Labute approximate surface area is 56.7 Å². The summed E-state index contributed by atoms with van der Waals surface area (Å²) in [4.78, 5) is 23.6. The van der Waals surface area contributed by atoms with Crippen molar-refractivity contribution >= 4 is 12.2 Å². The van der Waals surface area contributed by atoms with Crippen LogP contribution in [0, 0.1) is 4.91 Å². The van der Waals surface area contributed by atoms with Gasteiger partial charge in [0.05, 0.1) is 6.20 Å². The van der Waals surface area contributed by atoms with Crippen molar-refractivity contribution in [2.24, 2.45) is 12.2 Å². The molecule has 0 atom stereocenters. The summed E-state index contributed by atoms with van der Waals surface area (Å²) in [5.41, 5.74) is 0.342. The molecule has 0 saturated carbocycles. The quantitative estimate of drug-likeness (QED) is 0.446. The van der Waals surface area contributed by atoms with Gasteiger partial charge in [0, 0.05) is 12.2 Å². The zero-order valence-electron chi connectivity index (χ0n) is 5.31. The Kier molecular flexibility index (Phi) is 1.57. The van der Waals surface area contributed by atoms with E-state index in [1.54, 1.807) is 7.05 Å². The van der Waals surface area contributed by atoms with Gasteiger partial charge in [-0.3, -0.25) is 4.79 Å². The third kappa shape index (κ3) is 0.812. The number of rotatable bonds is 2. The van der Waals surface area contributed by atoms with Crippen molar-refractivity contribution in [3.63, 3.8) is 0 Å². The van der Waals surface area contributed by atoms with Gasteiger partial charge in [-0.25, -0.2) is 4.98 Å². The molecule has 1 heterocycles. The van der Waals surface area contributed by atoms with Crippen LogP contribution in [0.2, 0.25) is 0 Å². The lowest BCUT2D eigenvalue weighted by Gasteiger charge is -1.90. The highest BCUT2D eigenvalue weighted by atomic mass is 16.3. The molecule has 0 saturated heterocycles. The minimum atomic E-state index is 0.0158. The van der Waals surface area contributed by atoms with E-state index in [1.165, 1.54) is 10.8 Å². The molecule has 0 radical (unpaired) electrons. The van der Waals surface area contributed by atoms with E-state index in [9.17, 15) is 9.70 Å². The molecule has 0 aliphatic rings. The maximum Gasteiger partial charge on any atom is 0.271 e. The average Bonchev–Trinajstić information content (AvgIpc) is 2.30. The number of carbonyl (C=O) groups excluding carboxylic acids is 1. The predicted molar refractivity (Wildman–Crippen MR) is 34.1 cm³/mol. The second-order valence-electron chi connectivity index (χ2n) is 1.75. The van der Waals surface area contributed by atoms with Crippen molar-refractivity contribution < 1.29 is 4.79 Å². The van der Waals surface area contributed by atoms with Gasteiger partial charge in [0.2, 0.25) is 0 Å². The number of hydrogen-bond donors (Lipinski definition) is 0. The second-order valence-corrected chi connectivity index (χ2v) is 1.75. The van der Waals surface area contributed by atoms with Crippen molar-refractivity contribution in [3.05, 3.63) is 16.8 Å². The highest BCUT2D eigenvalue weighted by Gasteiger charge is 2.03. The number of aldehydes is 1. The van der Waals surface area contributed by atoms with Crippen LogP contribution < -0.4 is 0 Å².